The van der Waals surface area contributed by atoms with E-state index in [0.717, 1.165) is 40.5 Å². The predicted molar refractivity (Wildman–Crippen MR) is 171 cm³/mol. The van der Waals surface area contributed by atoms with Crippen molar-refractivity contribution in [2.45, 2.75) is 89.8 Å². The number of benzene rings is 2. The van der Waals surface area contributed by atoms with Crippen molar-refractivity contribution in [3.05, 3.63) is 64.1 Å². The Morgan fingerprint density at radius 1 is 1.00 bits per heavy atom. The highest BCUT2D eigenvalue weighted by Crippen LogP contribution is 2.60. The summed E-state index contributed by atoms with van der Waals surface area (Å²) >= 11 is 3.48. The maximum absolute atomic E-state index is 13.9. The van der Waals surface area contributed by atoms with Crippen molar-refractivity contribution in [1.29, 1.82) is 0 Å². The second kappa shape index (κ2) is 12.3. The molecule has 4 fully saturated rings. The first kappa shape index (κ1) is 31.0. The van der Waals surface area contributed by atoms with Gasteiger partial charge in [0.15, 0.2) is 0 Å². The summed E-state index contributed by atoms with van der Waals surface area (Å²) in [4.78, 5) is 28.5. The number of halogens is 1. The van der Waals surface area contributed by atoms with Crippen LogP contribution < -0.4 is 9.62 Å². The Bertz CT molecular complexity index is 1380. The Hall–Kier alpha value is -2.39. The van der Waals surface area contributed by atoms with Gasteiger partial charge < -0.3 is 10.2 Å². The lowest BCUT2D eigenvalue weighted by Gasteiger charge is -2.57. The lowest BCUT2D eigenvalue weighted by molar-refractivity contribution is -0.139. The average molecular weight is 659 g/mol. The SMILES string of the molecule is CC[C@@H](C)NC(=O)[C@H](C)N(Cc1cccc(Br)c1)C(=O)CN(c1ccc(C23CC4CC(CC(C4)C2)C3)cc1)S(C)(=O)=O. The highest BCUT2D eigenvalue weighted by molar-refractivity contribution is 9.10. The Morgan fingerprint density at radius 3 is 2.12 bits per heavy atom. The Kier molecular flexibility index (Phi) is 9.10. The van der Waals surface area contributed by atoms with Crippen molar-refractivity contribution in [2.24, 2.45) is 17.8 Å². The van der Waals surface area contributed by atoms with Crippen LogP contribution in [0.4, 0.5) is 5.69 Å². The van der Waals surface area contributed by atoms with Gasteiger partial charge in [-0.05, 0) is 117 Å². The molecule has 1 N–H and O–H groups in total. The molecule has 2 aromatic carbocycles. The normalized spacial score (nSPS) is 26.0. The minimum atomic E-state index is -3.78. The number of amides is 2. The maximum atomic E-state index is 13.9. The van der Waals surface area contributed by atoms with E-state index in [4.69, 9.17) is 0 Å². The van der Waals surface area contributed by atoms with E-state index in [9.17, 15) is 18.0 Å². The molecule has 228 valence electrons. The minimum Gasteiger partial charge on any atom is -0.352 e. The van der Waals surface area contributed by atoms with E-state index < -0.39 is 22.0 Å². The van der Waals surface area contributed by atoms with E-state index in [0.29, 0.717) is 5.69 Å². The van der Waals surface area contributed by atoms with Crippen molar-refractivity contribution < 1.29 is 18.0 Å². The highest BCUT2D eigenvalue weighted by Gasteiger charge is 2.51. The molecule has 2 aromatic rings. The molecule has 7 nitrogen and oxygen atoms in total. The van der Waals surface area contributed by atoms with Gasteiger partial charge >= 0.3 is 0 Å². The van der Waals surface area contributed by atoms with Gasteiger partial charge in [-0.1, -0.05) is 47.1 Å². The molecule has 2 atom stereocenters. The number of nitrogens with zero attached hydrogens (tertiary/aromatic N) is 2. The summed E-state index contributed by atoms with van der Waals surface area (Å²) in [6.07, 6.45) is 9.68. The lowest BCUT2D eigenvalue weighted by Crippen LogP contribution is -2.52. The largest absolute Gasteiger partial charge is 0.352 e. The Morgan fingerprint density at radius 2 is 1.60 bits per heavy atom. The molecule has 42 heavy (non-hydrogen) atoms. The number of anilines is 1. The van der Waals surface area contributed by atoms with Gasteiger partial charge in [0.2, 0.25) is 21.8 Å². The third kappa shape index (κ3) is 6.72. The summed E-state index contributed by atoms with van der Waals surface area (Å²) in [5.41, 5.74) is 2.82. The molecule has 6 rings (SSSR count). The van der Waals surface area contributed by atoms with Crippen LogP contribution in [-0.4, -0.2) is 50.0 Å². The van der Waals surface area contributed by atoms with Crippen LogP contribution in [0.3, 0.4) is 0 Å². The van der Waals surface area contributed by atoms with Crippen molar-refractivity contribution in [2.75, 3.05) is 17.1 Å². The quantitative estimate of drug-likeness (QED) is 0.320. The molecule has 0 radical (unpaired) electrons. The zero-order valence-electron chi connectivity index (χ0n) is 25.2. The van der Waals surface area contributed by atoms with Gasteiger partial charge in [0.1, 0.15) is 12.6 Å². The molecule has 4 aliphatic rings. The molecule has 0 unspecified atom stereocenters. The van der Waals surface area contributed by atoms with Gasteiger partial charge in [0.25, 0.3) is 0 Å². The molecule has 4 aliphatic carbocycles. The number of carbonyl (C=O) groups excluding carboxylic acids is 2. The minimum absolute atomic E-state index is 0.0391. The van der Waals surface area contributed by atoms with Gasteiger partial charge in [-0.2, -0.15) is 0 Å². The monoisotopic (exact) mass is 657 g/mol. The lowest BCUT2D eigenvalue weighted by atomic mass is 9.48. The third-order valence-electron chi connectivity index (χ3n) is 9.90. The van der Waals surface area contributed by atoms with Crippen LogP contribution in [0.5, 0.6) is 0 Å². The fraction of sp³-hybridized carbons (Fsp3) is 0.576. The van der Waals surface area contributed by atoms with E-state index in [1.54, 1.807) is 6.92 Å². The zero-order valence-corrected chi connectivity index (χ0v) is 27.6. The van der Waals surface area contributed by atoms with Gasteiger partial charge in [-0.3, -0.25) is 13.9 Å². The molecule has 4 bridgehead atoms. The molecule has 2 amide bonds. The van der Waals surface area contributed by atoms with Crippen LogP contribution in [0.25, 0.3) is 0 Å². The fourth-order valence-corrected chi connectivity index (χ4v) is 9.24. The van der Waals surface area contributed by atoms with Crippen LogP contribution in [0, 0.1) is 17.8 Å². The Labute approximate surface area is 259 Å². The summed E-state index contributed by atoms with van der Waals surface area (Å²) in [5.74, 6) is 1.75. The molecule has 0 heterocycles. The first-order valence-electron chi connectivity index (χ1n) is 15.3. The summed E-state index contributed by atoms with van der Waals surface area (Å²) in [6, 6.07) is 14.6. The molecule has 4 saturated carbocycles. The third-order valence-corrected chi connectivity index (χ3v) is 11.5. The second-order valence-electron chi connectivity index (χ2n) is 13.2. The average Bonchev–Trinajstić information content (AvgIpc) is 2.93. The van der Waals surface area contributed by atoms with Crippen LogP contribution in [0.1, 0.15) is 76.8 Å². The topological polar surface area (TPSA) is 86.8 Å². The van der Waals surface area contributed by atoms with Crippen molar-refractivity contribution in [3.8, 4) is 0 Å². The van der Waals surface area contributed by atoms with Crippen molar-refractivity contribution >= 4 is 43.5 Å². The molecule has 9 heteroatoms. The predicted octanol–water partition coefficient (Wildman–Crippen LogP) is 6.01. The summed E-state index contributed by atoms with van der Waals surface area (Å²) < 4.78 is 28.1. The van der Waals surface area contributed by atoms with Gasteiger partial charge in [-0.15, -0.1) is 0 Å². The van der Waals surface area contributed by atoms with E-state index in [1.807, 2.05) is 50.2 Å². The molecule has 0 spiro atoms. The fourth-order valence-electron chi connectivity index (χ4n) is 7.94. The van der Waals surface area contributed by atoms with Crippen LogP contribution in [0.15, 0.2) is 53.0 Å². The standard InChI is InChI=1S/C33H44BrN3O4S/c1-5-22(2)35-32(39)23(3)36(20-24-7-6-8-29(34)16-24)31(38)21-37(42(4,40)41)30-11-9-28(10-12-30)33-17-25-13-26(18-33)15-27(14-25)19-33/h6-12,16,22-23,25-27H,5,13-15,17-21H2,1-4H3,(H,35,39)/t22-,23+,25?,26?,27?,33?/m1/s1. The van der Waals surface area contributed by atoms with Crippen LogP contribution in [-0.2, 0) is 31.6 Å². The summed E-state index contributed by atoms with van der Waals surface area (Å²) in [6.45, 7) is 5.39. The summed E-state index contributed by atoms with van der Waals surface area (Å²) in [5, 5.41) is 2.96. The number of hydrogen-bond donors (Lipinski definition) is 1. The van der Waals surface area contributed by atoms with E-state index in [-0.39, 0.29) is 30.5 Å². The van der Waals surface area contributed by atoms with Crippen molar-refractivity contribution in [1.82, 2.24) is 10.2 Å². The molecule has 0 saturated heterocycles. The van der Waals surface area contributed by atoms with Gasteiger partial charge in [-0.25, -0.2) is 8.42 Å². The highest BCUT2D eigenvalue weighted by atomic mass is 79.9. The first-order valence-corrected chi connectivity index (χ1v) is 17.9. The molecule has 0 aromatic heterocycles. The number of carbonyl (C=O) groups is 2. The Balaban J connectivity index is 1.38. The van der Waals surface area contributed by atoms with Crippen LogP contribution >= 0.6 is 15.9 Å². The molecule has 0 aliphatic heterocycles. The van der Waals surface area contributed by atoms with Crippen LogP contribution in [0.2, 0.25) is 0 Å². The maximum Gasteiger partial charge on any atom is 0.244 e. The first-order chi connectivity index (χ1) is 19.9. The zero-order chi connectivity index (χ0) is 30.2. The van der Waals surface area contributed by atoms with E-state index in [1.165, 1.54) is 53.3 Å². The molecular formula is C33H44BrN3O4S. The van der Waals surface area contributed by atoms with Gasteiger partial charge in [0, 0.05) is 17.1 Å². The number of rotatable bonds is 11. The smallest absolute Gasteiger partial charge is 0.244 e. The van der Waals surface area contributed by atoms with E-state index >= 15 is 0 Å². The van der Waals surface area contributed by atoms with Crippen molar-refractivity contribution in [3.63, 3.8) is 0 Å². The summed E-state index contributed by atoms with van der Waals surface area (Å²) in [7, 11) is -3.78. The number of sulfonamides is 1. The van der Waals surface area contributed by atoms with E-state index in [2.05, 4.69) is 33.4 Å². The van der Waals surface area contributed by atoms with Gasteiger partial charge in [0.05, 0.1) is 11.9 Å². The number of nitrogens with one attached hydrogen (secondary N) is 1. The second-order valence-corrected chi connectivity index (χ2v) is 16.0. The number of hydrogen-bond acceptors (Lipinski definition) is 4. The molecular weight excluding hydrogens is 614 g/mol.